The van der Waals surface area contributed by atoms with Gasteiger partial charge in [0.1, 0.15) is 5.60 Å². The van der Waals surface area contributed by atoms with E-state index in [1.165, 1.54) is 33.1 Å². The zero-order valence-corrected chi connectivity index (χ0v) is 11.2. The number of carbonyl (C=O) groups excluding carboxylic acids is 1. The third kappa shape index (κ3) is 8.72. The van der Waals surface area contributed by atoms with Crippen LogP contribution < -0.4 is 5.32 Å². The highest BCUT2D eigenvalue weighted by Crippen LogP contribution is 2.09. The minimum atomic E-state index is -1.25. The first-order valence-corrected chi connectivity index (χ1v) is 6.34. The summed E-state index contributed by atoms with van der Waals surface area (Å²) >= 11 is 0. The molecule has 0 aromatic carbocycles. The molecule has 0 radical (unpaired) electrons. The van der Waals surface area contributed by atoms with Gasteiger partial charge in [0, 0.05) is 6.54 Å². The van der Waals surface area contributed by atoms with Crippen LogP contribution in [0.2, 0.25) is 0 Å². The maximum atomic E-state index is 11.3. The molecule has 0 unspecified atom stereocenters. The number of rotatable bonds is 8. The van der Waals surface area contributed by atoms with Gasteiger partial charge in [-0.15, -0.1) is 0 Å². The molecule has 16 heavy (non-hydrogen) atoms. The van der Waals surface area contributed by atoms with Crippen molar-refractivity contribution in [3.8, 4) is 0 Å². The maximum absolute atomic E-state index is 11.3. The molecule has 0 rings (SSSR count). The van der Waals surface area contributed by atoms with Gasteiger partial charge in [-0.25, -0.2) is 0 Å². The van der Waals surface area contributed by atoms with Crippen LogP contribution in [0.1, 0.15) is 59.8 Å². The van der Waals surface area contributed by atoms with Crippen LogP contribution in [0.4, 0.5) is 0 Å². The third-order valence-electron chi connectivity index (χ3n) is 2.55. The second-order valence-electron chi connectivity index (χ2n) is 5.41. The number of nitrogens with one attached hydrogen (secondary N) is 1. The topological polar surface area (TPSA) is 49.3 Å². The molecule has 3 nitrogen and oxygen atoms in total. The molecule has 2 N–H and O–H groups in total. The summed E-state index contributed by atoms with van der Waals surface area (Å²) < 4.78 is 0. The zero-order valence-electron chi connectivity index (χ0n) is 11.2. The fourth-order valence-electron chi connectivity index (χ4n) is 1.45. The second-order valence-corrected chi connectivity index (χ2v) is 5.41. The summed E-state index contributed by atoms with van der Waals surface area (Å²) in [6, 6.07) is 0. The molecule has 0 atom stereocenters. The monoisotopic (exact) mass is 229 g/mol. The molecule has 96 valence electrons. The minimum absolute atomic E-state index is 0.283. The Hall–Kier alpha value is -0.570. The average molecular weight is 229 g/mol. The lowest BCUT2D eigenvalue weighted by Crippen LogP contribution is -2.42. The predicted octanol–water partition coefficient (Wildman–Crippen LogP) is 2.48. The van der Waals surface area contributed by atoms with Gasteiger partial charge in [0.15, 0.2) is 0 Å². The first kappa shape index (κ1) is 15.4. The van der Waals surface area contributed by atoms with Gasteiger partial charge in [-0.1, -0.05) is 39.5 Å². The van der Waals surface area contributed by atoms with E-state index in [1.807, 2.05) is 0 Å². The van der Waals surface area contributed by atoms with Crippen molar-refractivity contribution in [3.05, 3.63) is 0 Å². The highest BCUT2D eigenvalue weighted by Gasteiger charge is 2.22. The predicted molar refractivity (Wildman–Crippen MR) is 67.2 cm³/mol. The Kier molecular flexibility index (Phi) is 7.39. The van der Waals surface area contributed by atoms with Crippen molar-refractivity contribution >= 4 is 5.91 Å². The Balaban J connectivity index is 3.31. The van der Waals surface area contributed by atoms with Crippen LogP contribution in [-0.4, -0.2) is 23.2 Å². The first-order chi connectivity index (χ1) is 7.34. The quantitative estimate of drug-likeness (QED) is 0.628. The van der Waals surface area contributed by atoms with Crippen LogP contribution in [-0.2, 0) is 4.79 Å². The molecule has 1 amide bonds. The largest absolute Gasteiger partial charge is 0.381 e. The van der Waals surface area contributed by atoms with E-state index in [9.17, 15) is 9.90 Å². The second kappa shape index (κ2) is 7.66. The summed E-state index contributed by atoms with van der Waals surface area (Å²) in [4.78, 5) is 11.3. The normalized spacial score (nSPS) is 11.9. The highest BCUT2D eigenvalue weighted by molar-refractivity contribution is 5.83. The summed E-state index contributed by atoms with van der Waals surface area (Å²) in [7, 11) is 0. The van der Waals surface area contributed by atoms with Gasteiger partial charge in [-0.05, 0) is 26.2 Å². The third-order valence-corrected chi connectivity index (χ3v) is 2.55. The molecular formula is C13H27NO2. The van der Waals surface area contributed by atoms with Crippen molar-refractivity contribution in [3.63, 3.8) is 0 Å². The number of aliphatic hydroxyl groups is 1. The molecule has 0 saturated carbocycles. The van der Waals surface area contributed by atoms with Gasteiger partial charge in [0.2, 0.25) is 0 Å². The van der Waals surface area contributed by atoms with Crippen LogP contribution in [0.25, 0.3) is 0 Å². The Morgan fingerprint density at radius 1 is 1.19 bits per heavy atom. The van der Waals surface area contributed by atoms with Crippen molar-refractivity contribution < 1.29 is 9.90 Å². The molecular weight excluding hydrogens is 202 g/mol. The molecule has 0 aliphatic carbocycles. The van der Waals surface area contributed by atoms with Crippen molar-refractivity contribution in [2.24, 2.45) is 5.92 Å². The Bertz CT molecular complexity index is 195. The Morgan fingerprint density at radius 2 is 1.75 bits per heavy atom. The van der Waals surface area contributed by atoms with Crippen LogP contribution in [0.3, 0.4) is 0 Å². The zero-order chi connectivity index (χ0) is 12.6. The van der Waals surface area contributed by atoms with Crippen molar-refractivity contribution in [1.29, 1.82) is 0 Å². The van der Waals surface area contributed by atoms with Gasteiger partial charge in [0.05, 0.1) is 0 Å². The smallest absolute Gasteiger partial charge is 0.251 e. The van der Waals surface area contributed by atoms with Crippen molar-refractivity contribution in [2.45, 2.75) is 65.4 Å². The fourth-order valence-corrected chi connectivity index (χ4v) is 1.45. The fraction of sp³-hybridized carbons (Fsp3) is 0.923. The summed E-state index contributed by atoms with van der Waals surface area (Å²) in [5.74, 6) is 0.504. The maximum Gasteiger partial charge on any atom is 0.251 e. The molecule has 0 bridgehead atoms. The van der Waals surface area contributed by atoms with E-state index in [1.54, 1.807) is 0 Å². The van der Waals surface area contributed by atoms with E-state index in [2.05, 4.69) is 19.2 Å². The van der Waals surface area contributed by atoms with E-state index in [0.717, 1.165) is 18.8 Å². The lowest BCUT2D eigenvalue weighted by atomic mass is 10.0. The number of hydrogen-bond donors (Lipinski definition) is 2. The molecule has 0 saturated heterocycles. The molecule has 0 aromatic rings. The van der Waals surface area contributed by atoms with Gasteiger partial charge >= 0.3 is 0 Å². The van der Waals surface area contributed by atoms with E-state index in [-0.39, 0.29) is 5.91 Å². The molecule has 0 aromatic heterocycles. The van der Waals surface area contributed by atoms with Gasteiger partial charge in [0.25, 0.3) is 5.91 Å². The molecule has 0 aliphatic rings. The van der Waals surface area contributed by atoms with E-state index < -0.39 is 5.60 Å². The molecule has 0 aliphatic heterocycles. The summed E-state index contributed by atoms with van der Waals surface area (Å²) in [5, 5.41) is 12.1. The Morgan fingerprint density at radius 3 is 2.25 bits per heavy atom. The van der Waals surface area contributed by atoms with E-state index >= 15 is 0 Å². The lowest BCUT2D eigenvalue weighted by molar-refractivity contribution is -0.136. The van der Waals surface area contributed by atoms with Crippen LogP contribution in [0.15, 0.2) is 0 Å². The average Bonchev–Trinajstić information content (AvgIpc) is 2.14. The van der Waals surface area contributed by atoms with Crippen molar-refractivity contribution in [2.75, 3.05) is 6.54 Å². The number of amides is 1. The molecule has 0 fully saturated rings. The van der Waals surface area contributed by atoms with Gasteiger partial charge in [-0.3, -0.25) is 4.79 Å². The summed E-state index contributed by atoms with van der Waals surface area (Å²) in [6.45, 7) is 8.16. The van der Waals surface area contributed by atoms with Gasteiger partial charge in [-0.2, -0.15) is 0 Å². The van der Waals surface area contributed by atoms with E-state index in [0.29, 0.717) is 6.54 Å². The molecule has 3 heteroatoms. The van der Waals surface area contributed by atoms with Crippen LogP contribution in [0, 0.1) is 5.92 Å². The number of hydrogen-bond acceptors (Lipinski definition) is 2. The number of carbonyl (C=O) groups is 1. The minimum Gasteiger partial charge on any atom is -0.381 e. The first-order valence-electron chi connectivity index (χ1n) is 6.34. The van der Waals surface area contributed by atoms with Crippen LogP contribution >= 0.6 is 0 Å². The van der Waals surface area contributed by atoms with Gasteiger partial charge < -0.3 is 10.4 Å². The highest BCUT2D eigenvalue weighted by atomic mass is 16.3. The van der Waals surface area contributed by atoms with E-state index in [4.69, 9.17) is 0 Å². The number of unbranched alkanes of at least 4 members (excludes halogenated alkanes) is 3. The van der Waals surface area contributed by atoms with Crippen LogP contribution in [0.5, 0.6) is 0 Å². The summed E-state index contributed by atoms with van der Waals surface area (Å²) in [5.41, 5.74) is -1.25. The standard InChI is InChI=1S/C13H27NO2/c1-11(2)9-7-5-6-8-10-14-12(15)13(3,4)16/h11,16H,5-10H2,1-4H3,(H,14,15). The summed E-state index contributed by atoms with van der Waals surface area (Å²) in [6.07, 6.45) is 5.95. The SMILES string of the molecule is CC(C)CCCCCCNC(=O)C(C)(C)O. The Labute approximate surface area is 99.6 Å². The molecule has 0 heterocycles. The van der Waals surface area contributed by atoms with Crippen molar-refractivity contribution in [1.82, 2.24) is 5.32 Å². The lowest BCUT2D eigenvalue weighted by Gasteiger charge is -2.16. The molecule has 0 spiro atoms.